The molecule has 5 heteroatoms. The van der Waals surface area contributed by atoms with Crippen LogP contribution in [-0.4, -0.2) is 15.5 Å². The van der Waals surface area contributed by atoms with Crippen molar-refractivity contribution in [1.82, 2.24) is 9.55 Å². The largest absolute Gasteiger partial charge is 0.422 e. The van der Waals surface area contributed by atoms with Gasteiger partial charge in [0.05, 0.1) is 16.5 Å². The van der Waals surface area contributed by atoms with Gasteiger partial charge in [0.15, 0.2) is 0 Å². The molecular weight excluding hydrogens is 364 g/mol. The van der Waals surface area contributed by atoms with Crippen molar-refractivity contribution in [3.8, 4) is 5.75 Å². The van der Waals surface area contributed by atoms with Gasteiger partial charge in [0.25, 0.3) is 5.56 Å². The quantitative estimate of drug-likeness (QED) is 0.377. The lowest BCUT2D eigenvalue weighted by Crippen LogP contribution is -2.24. The van der Waals surface area contributed by atoms with Crippen molar-refractivity contribution >= 4 is 27.6 Å². The van der Waals surface area contributed by atoms with Crippen LogP contribution in [-0.2, 0) is 13.0 Å². The first kappa shape index (κ1) is 17.6. The van der Waals surface area contributed by atoms with Crippen molar-refractivity contribution in [2.24, 2.45) is 0 Å². The second kappa shape index (κ2) is 7.17. The Morgan fingerprint density at radius 3 is 2.72 bits per heavy atom. The summed E-state index contributed by atoms with van der Waals surface area (Å²) in [6.45, 7) is 0.710. The highest BCUT2D eigenvalue weighted by Crippen LogP contribution is 2.26. The molecule has 0 bridgehead atoms. The summed E-state index contributed by atoms with van der Waals surface area (Å²) in [5.41, 5.74) is 0.910. The van der Waals surface area contributed by atoms with E-state index in [1.54, 1.807) is 28.8 Å². The monoisotopic (exact) mass is 384 g/mol. The molecule has 0 atom stereocenters. The minimum Gasteiger partial charge on any atom is -0.422 e. The summed E-state index contributed by atoms with van der Waals surface area (Å²) >= 11 is 0. The molecule has 2 heterocycles. The lowest BCUT2D eigenvalue weighted by atomic mass is 10.1. The second-order valence-corrected chi connectivity index (χ2v) is 7.39. The van der Waals surface area contributed by atoms with Gasteiger partial charge in [0, 0.05) is 18.4 Å². The van der Waals surface area contributed by atoms with E-state index in [0.29, 0.717) is 28.8 Å². The summed E-state index contributed by atoms with van der Waals surface area (Å²) in [6, 6.07) is 18.4. The number of benzene rings is 3. The van der Waals surface area contributed by atoms with E-state index in [1.165, 1.54) is 0 Å². The number of carbonyl (C=O) groups excluding carboxylic acids is 1. The average Bonchev–Trinajstić information content (AvgIpc) is 2.99. The van der Waals surface area contributed by atoms with Crippen LogP contribution in [0.4, 0.5) is 0 Å². The number of rotatable bonds is 2. The van der Waals surface area contributed by atoms with Crippen molar-refractivity contribution in [3.63, 3.8) is 0 Å². The number of carbonyl (C=O) groups is 1. The van der Waals surface area contributed by atoms with E-state index in [-0.39, 0.29) is 5.56 Å². The van der Waals surface area contributed by atoms with Crippen LogP contribution in [0.25, 0.3) is 21.7 Å². The Bertz CT molecular complexity index is 1300. The molecule has 0 spiro atoms. The summed E-state index contributed by atoms with van der Waals surface area (Å²) in [6.07, 6.45) is 3.91. The number of ether oxygens (including phenoxy) is 1. The molecule has 0 saturated carbocycles. The highest BCUT2D eigenvalue weighted by molar-refractivity contribution is 5.97. The average molecular weight is 384 g/mol. The van der Waals surface area contributed by atoms with Crippen LogP contribution in [0, 0.1) is 0 Å². The third-order valence-corrected chi connectivity index (χ3v) is 5.50. The Balaban J connectivity index is 1.53. The Kier molecular flexibility index (Phi) is 4.35. The van der Waals surface area contributed by atoms with E-state index in [1.807, 2.05) is 36.4 Å². The van der Waals surface area contributed by atoms with Crippen molar-refractivity contribution in [3.05, 3.63) is 82.4 Å². The van der Waals surface area contributed by atoms with E-state index in [0.717, 1.165) is 42.3 Å². The lowest BCUT2D eigenvalue weighted by molar-refractivity contribution is 0.0737. The maximum absolute atomic E-state index is 12.9. The zero-order valence-electron chi connectivity index (χ0n) is 15.9. The molecule has 29 heavy (non-hydrogen) atoms. The molecule has 1 aliphatic rings. The van der Waals surface area contributed by atoms with Gasteiger partial charge >= 0.3 is 5.97 Å². The SMILES string of the molecule is O=C(Oc1cccc2ccccc12)c1ccc2c(=O)n3c(nc2c1)CCCCC3. The molecule has 0 radical (unpaired) electrons. The summed E-state index contributed by atoms with van der Waals surface area (Å²) in [4.78, 5) is 30.3. The van der Waals surface area contributed by atoms with Gasteiger partial charge < -0.3 is 4.74 Å². The van der Waals surface area contributed by atoms with Crippen molar-refractivity contribution in [2.75, 3.05) is 0 Å². The van der Waals surface area contributed by atoms with E-state index >= 15 is 0 Å². The first-order valence-corrected chi connectivity index (χ1v) is 9.94. The number of nitrogens with zero attached hydrogens (tertiary/aromatic N) is 2. The third kappa shape index (κ3) is 3.18. The number of hydrogen-bond donors (Lipinski definition) is 0. The first-order valence-electron chi connectivity index (χ1n) is 9.94. The van der Waals surface area contributed by atoms with Gasteiger partial charge in [-0.1, -0.05) is 42.8 Å². The molecule has 1 aromatic heterocycles. The van der Waals surface area contributed by atoms with Crippen LogP contribution in [0.15, 0.2) is 65.5 Å². The summed E-state index contributed by atoms with van der Waals surface area (Å²) in [7, 11) is 0. The van der Waals surface area contributed by atoms with Gasteiger partial charge in [-0.2, -0.15) is 0 Å². The minimum atomic E-state index is -0.458. The van der Waals surface area contributed by atoms with Gasteiger partial charge in [-0.25, -0.2) is 9.78 Å². The smallest absolute Gasteiger partial charge is 0.343 e. The van der Waals surface area contributed by atoms with Crippen LogP contribution in [0.2, 0.25) is 0 Å². The molecule has 0 aliphatic carbocycles. The topological polar surface area (TPSA) is 61.2 Å². The van der Waals surface area contributed by atoms with Crippen molar-refractivity contribution in [1.29, 1.82) is 0 Å². The molecule has 0 fully saturated rings. The number of fused-ring (bicyclic) bond motifs is 3. The molecule has 0 N–H and O–H groups in total. The van der Waals surface area contributed by atoms with Crippen LogP contribution < -0.4 is 10.3 Å². The molecule has 1 aliphatic heterocycles. The number of hydrogen-bond acceptors (Lipinski definition) is 4. The predicted octanol–water partition coefficient (Wildman–Crippen LogP) is 4.50. The van der Waals surface area contributed by atoms with Crippen molar-refractivity contribution < 1.29 is 9.53 Å². The lowest BCUT2D eigenvalue weighted by Gasteiger charge is -2.11. The fraction of sp³-hybridized carbons (Fsp3) is 0.208. The molecule has 4 aromatic rings. The van der Waals surface area contributed by atoms with Gasteiger partial charge in [-0.3, -0.25) is 9.36 Å². The maximum Gasteiger partial charge on any atom is 0.343 e. The summed E-state index contributed by atoms with van der Waals surface area (Å²) in [5.74, 6) is 0.864. The van der Waals surface area contributed by atoms with E-state index in [9.17, 15) is 9.59 Å². The van der Waals surface area contributed by atoms with Gasteiger partial charge in [0.2, 0.25) is 0 Å². The standard InChI is InChI=1S/C24H20N2O3/c27-23-19-13-12-17(15-20(19)25-22-11-2-1-5-14-26(22)23)24(28)29-21-10-6-8-16-7-3-4-9-18(16)21/h3-4,6-10,12-13,15H,1-2,5,11,14H2. The highest BCUT2D eigenvalue weighted by atomic mass is 16.5. The summed E-state index contributed by atoms with van der Waals surface area (Å²) in [5, 5.41) is 2.43. The molecule has 0 unspecified atom stereocenters. The molecule has 5 nitrogen and oxygen atoms in total. The molecule has 3 aromatic carbocycles. The van der Waals surface area contributed by atoms with Crippen LogP contribution >= 0.6 is 0 Å². The van der Waals surface area contributed by atoms with E-state index in [4.69, 9.17) is 9.72 Å². The van der Waals surface area contributed by atoms with E-state index in [2.05, 4.69) is 0 Å². The van der Waals surface area contributed by atoms with Gasteiger partial charge in [-0.15, -0.1) is 0 Å². The molecule has 5 rings (SSSR count). The normalized spacial score (nSPS) is 13.8. The Labute approximate surface area is 167 Å². The molecule has 0 amide bonds. The number of aryl methyl sites for hydroxylation is 1. The zero-order valence-corrected chi connectivity index (χ0v) is 15.9. The number of aromatic nitrogens is 2. The molecular formula is C24H20N2O3. The number of esters is 1. The van der Waals surface area contributed by atoms with Crippen molar-refractivity contribution in [2.45, 2.75) is 32.2 Å². The summed E-state index contributed by atoms with van der Waals surface area (Å²) < 4.78 is 7.46. The third-order valence-electron chi connectivity index (χ3n) is 5.50. The fourth-order valence-corrected chi connectivity index (χ4v) is 3.99. The van der Waals surface area contributed by atoms with Crippen LogP contribution in [0.1, 0.15) is 35.4 Å². The fourth-order valence-electron chi connectivity index (χ4n) is 3.99. The van der Waals surface area contributed by atoms with E-state index < -0.39 is 5.97 Å². The van der Waals surface area contributed by atoms with Crippen LogP contribution in [0.5, 0.6) is 5.75 Å². The highest BCUT2D eigenvalue weighted by Gasteiger charge is 2.16. The zero-order chi connectivity index (χ0) is 19.8. The van der Waals surface area contributed by atoms with Gasteiger partial charge in [0.1, 0.15) is 11.6 Å². The Morgan fingerprint density at radius 1 is 0.931 bits per heavy atom. The second-order valence-electron chi connectivity index (χ2n) is 7.39. The minimum absolute atomic E-state index is 0.0270. The maximum atomic E-state index is 12.9. The predicted molar refractivity (Wildman–Crippen MR) is 112 cm³/mol. The van der Waals surface area contributed by atoms with Crippen LogP contribution in [0.3, 0.4) is 0 Å². The molecule has 144 valence electrons. The Morgan fingerprint density at radius 2 is 1.79 bits per heavy atom. The molecule has 0 saturated heterocycles. The Hall–Kier alpha value is -3.47. The first-order chi connectivity index (χ1) is 14.2. The van der Waals surface area contributed by atoms with Gasteiger partial charge in [-0.05, 0) is 42.5 Å².